The minimum atomic E-state index is 0.525. The Bertz CT molecular complexity index is 584. The van der Waals surface area contributed by atoms with Crippen LogP contribution in [0, 0.1) is 0 Å². The van der Waals surface area contributed by atoms with E-state index < -0.39 is 0 Å². The quantitative estimate of drug-likeness (QED) is 0.792. The highest BCUT2D eigenvalue weighted by Gasteiger charge is 2.27. The summed E-state index contributed by atoms with van der Waals surface area (Å²) in [6.07, 6.45) is 7.97. The van der Waals surface area contributed by atoms with Crippen molar-refractivity contribution in [1.29, 1.82) is 0 Å². The summed E-state index contributed by atoms with van der Waals surface area (Å²) < 4.78 is 5.78. The molecule has 5 heteroatoms. The molecule has 1 saturated carbocycles. The maximum atomic E-state index is 5.78. The highest BCUT2D eigenvalue weighted by molar-refractivity contribution is 5.38. The van der Waals surface area contributed by atoms with Gasteiger partial charge in [-0.1, -0.05) is 0 Å². The summed E-state index contributed by atoms with van der Waals surface area (Å²) in [6.45, 7) is 0.659. The lowest BCUT2D eigenvalue weighted by Gasteiger charge is -2.09. The van der Waals surface area contributed by atoms with Gasteiger partial charge in [0, 0.05) is 31.4 Å². The second kappa shape index (κ2) is 6.52. The molecule has 0 aliphatic heterocycles. The van der Waals surface area contributed by atoms with Crippen molar-refractivity contribution >= 4 is 5.82 Å². The first-order valence-electron chi connectivity index (χ1n) is 7.43. The van der Waals surface area contributed by atoms with Crippen LogP contribution in [0.2, 0.25) is 0 Å². The Labute approximate surface area is 124 Å². The van der Waals surface area contributed by atoms with Crippen molar-refractivity contribution in [2.75, 3.05) is 19.0 Å². The van der Waals surface area contributed by atoms with E-state index in [0.29, 0.717) is 18.4 Å². The van der Waals surface area contributed by atoms with E-state index in [9.17, 15) is 0 Å². The lowest BCUT2D eigenvalue weighted by molar-refractivity contribution is 0.298. The topological polar surface area (TPSA) is 59.9 Å². The number of hydrogen-bond acceptors (Lipinski definition) is 5. The van der Waals surface area contributed by atoms with Crippen molar-refractivity contribution in [2.24, 2.45) is 0 Å². The SMILES string of the molecule is CNc1cc(OCCCc2ccncc2)nc(C2CC2)n1. The number of nitrogens with zero attached hydrogens (tertiary/aromatic N) is 3. The predicted octanol–water partition coefficient (Wildman–Crippen LogP) is 2.80. The molecule has 2 aromatic rings. The van der Waals surface area contributed by atoms with Crippen LogP contribution in [0.1, 0.15) is 36.6 Å². The molecule has 5 nitrogen and oxygen atoms in total. The van der Waals surface area contributed by atoms with Crippen LogP contribution in [0.3, 0.4) is 0 Å². The summed E-state index contributed by atoms with van der Waals surface area (Å²) in [6, 6.07) is 5.93. The summed E-state index contributed by atoms with van der Waals surface area (Å²) in [5.41, 5.74) is 1.28. The minimum Gasteiger partial charge on any atom is -0.478 e. The second-order valence-corrected chi connectivity index (χ2v) is 5.28. The number of nitrogens with one attached hydrogen (secondary N) is 1. The molecule has 2 heterocycles. The monoisotopic (exact) mass is 284 g/mol. The molecule has 1 fully saturated rings. The van der Waals surface area contributed by atoms with Crippen LogP contribution in [-0.2, 0) is 6.42 Å². The molecule has 0 radical (unpaired) electrons. The number of anilines is 1. The number of hydrogen-bond donors (Lipinski definition) is 1. The van der Waals surface area contributed by atoms with Crippen molar-refractivity contribution in [2.45, 2.75) is 31.6 Å². The average Bonchev–Trinajstić information content (AvgIpc) is 3.37. The van der Waals surface area contributed by atoms with Crippen molar-refractivity contribution in [3.05, 3.63) is 42.0 Å². The fourth-order valence-electron chi connectivity index (χ4n) is 2.17. The van der Waals surface area contributed by atoms with Gasteiger partial charge in [-0.15, -0.1) is 0 Å². The van der Waals surface area contributed by atoms with Crippen LogP contribution < -0.4 is 10.1 Å². The predicted molar refractivity (Wildman–Crippen MR) is 81.6 cm³/mol. The van der Waals surface area contributed by atoms with E-state index in [1.165, 1.54) is 18.4 Å². The van der Waals surface area contributed by atoms with Gasteiger partial charge in [0.1, 0.15) is 11.6 Å². The number of aromatic nitrogens is 3. The molecule has 1 aliphatic rings. The normalized spacial score (nSPS) is 14.0. The molecule has 3 rings (SSSR count). The first kappa shape index (κ1) is 13.8. The van der Waals surface area contributed by atoms with Crippen molar-refractivity contribution < 1.29 is 4.74 Å². The number of ether oxygens (including phenoxy) is 1. The average molecular weight is 284 g/mol. The summed E-state index contributed by atoms with van der Waals surface area (Å²) >= 11 is 0. The lowest BCUT2D eigenvalue weighted by Crippen LogP contribution is -2.05. The van der Waals surface area contributed by atoms with Gasteiger partial charge in [-0.3, -0.25) is 4.98 Å². The van der Waals surface area contributed by atoms with Gasteiger partial charge in [0.25, 0.3) is 0 Å². The Morgan fingerprint density at radius 3 is 2.76 bits per heavy atom. The Morgan fingerprint density at radius 2 is 2.05 bits per heavy atom. The molecule has 21 heavy (non-hydrogen) atoms. The third kappa shape index (κ3) is 3.90. The summed E-state index contributed by atoms with van der Waals surface area (Å²) in [5.74, 6) is 2.94. The van der Waals surface area contributed by atoms with Crippen LogP contribution >= 0.6 is 0 Å². The molecular weight excluding hydrogens is 264 g/mol. The van der Waals surface area contributed by atoms with E-state index in [0.717, 1.165) is 24.5 Å². The molecule has 0 atom stereocenters. The standard InChI is InChI=1S/C16H20N4O/c1-17-14-11-15(20-16(19-14)13-4-5-13)21-10-2-3-12-6-8-18-9-7-12/h6-9,11,13H,2-5,10H2,1H3,(H,17,19,20). The van der Waals surface area contributed by atoms with Crippen LogP contribution in [0.4, 0.5) is 5.82 Å². The molecule has 0 bridgehead atoms. The van der Waals surface area contributed by atoms with E-state index in [1.54, 1.807) is 0 Å². The number of aryl methyl sites for hydroxylation is 1. The zero-order valence-electron chi connectivity index (χ0n) is 12.2. The summed E-state index contributed by atoms with van der Waals surface area (Å²) in [5, 5.41) is 3.07. The highest BCUT2D eigenvalue weighted by Crippen LogP contribution is 2.39. The van der Waals surface area contributed by atoms with Gasteiger partial charge in [-0.25, -0.2) is 4.98 Å². The summed E-state index contributed by atoms with van der Waals surface area (Å²) in [7, 11) is 1.87. The van der Waals surface area contributed by atoms with E-state index >= 15 is 0 Å². The van der Waals surface area contributed by atoms with Crippen LogP contribution in [0.5, 0.6) is 5.88 Å². The molecule has 0 aromatic carbocycles. The Balaban J connectivity index is 1.53. The second-order valence-electron chi connectivity index (χ2n) is 5.28. The fourth-order valence-corrected chi connectivity index (χ4v) is 2.17. The van der Waals surface area contributed by atoms with Gasteiger partial charge in [0.05, 0.1) is 6.61 Å². The van der Waals surface area contributed by atoms with Crippen LogP contribution in [-0.4, -0.2) is 28.6 Å². The number of rotatable bonds is 7. The molecular formula is C16H20N4O. The minimum absolute atomic E-state index is 0.525. The van der Waals surface area contributed by atoms with Gasteiger partial charge in [-0.2, -0.15) is 4.98 Å². The molecule has 0 saturated heterocycles. The fraction of sp³-hybridized carbons (Fsp3) is 0.438. The molecule has 110 valence electrons. The smallest absolute Gasteiger partial charge is 0.218 e. The largest absolute Gasteiger partial charge is 0.478 e. The van der Waals surface area contributed by atoms with Gasteiger partial charge in [0.15, 0.2) is 0 Å². The van der Waals surface area contributed by atoms with Crippen LogP contribution in [0.15, 0.2) is 30.6 Å². The zero-order valence-corrected chi connectivity index (χ0v) is 12.2. The summed E-state index contributed by atoms with van der Waals surface area (Å²) in [4.78, 5) is 13.0. The third-order valence-corrected chi connectivity index (χ3v) is 3.53. The molecule has 1 N–H and O–H groups in total. The Kier molecular flexibility index (Phi) is 4.28. The van der Waals surface area contributed by atoms with Crippen molar-refractivity contribution in [3.8, 4) is 5.88 Å². The zero-order chi connectivity index (χ0) is 14.5. The number of pyridine rings is 1. The van der Waals surface area contributed by atoms with Crippen molar-refractivity contribution in [3.63, 3.8) is 0 Å². The molecule has 1 aliphatic carbocycles. The van der Waals surface area contributed by atoms with E-state index in [2.05, 4.69) is 20.3 Å². The Morgan fingerprint density at radius 1 is 1.24 bits per heavy atom. The first-order chi connectivity index (χ1) is 10.3. The third-order valence-electron chi connectivity index (χ3n) is 3.53. The highest BCUT2D eigenvalue weighted by atomic mass is 16.5. The van der Waals surface area contributed by atoms with Crippen LogP contribution in [0.25, 0.3) is 0 Å². The first-order valence-corrected chi connectivity index (χ1v) is 7.43. The van der Waals surface area contributed by atoms with Crippen molar-refractivity contribution in [1.82, 2.24) is 15.0 Å². The van der Waals surface area contributed by atoms with Gasteiger partial charge in [-0.05, 0) is 43.4 Å². The molecule has 2 aromatic heterocycles. The maximum Gasteiger partial charge on any atom is 0.218 e. The molecule has 0 amide bonds. The Hall–Kier alpha value is -2.17. The van der Waals surface area contributed by atoms with E-state index in [-0.39, 0.29) is 0 Å². The van der Waals surface area contributed by atoms with E-state index in [1.807, 2.05) is 37.6 Å². The maximum absolute atomic E-state index is 5.78. The lowest BCUT2D eigenvalue weighted by atomic mass is 10.1. The van der Waals surface area contributed by atoms with E-state index in [4.69, 9.17) is 4.74 Å². The van der Waals surface area contributed by atoms with Gasteiger partial charge >= 0.3 is 0 Å². The molecule has 0 unspecified atom stereocenters. The molecule has 0 spiro atoms. The van der Waals surface area contributed by atoms with Gasteiger partial charge < -0.3 is 10.1 Å². The van der Waals surface area contributed by atoms with Gasteiger partial charge in [0.2, 0.25) is 5.88 Å².